The van der Waals surface area contributed by atoms with Crippen molar-refractivity contribution in [2.45, 2.75) is 51.6 Å². The molecule has 0 aromatic rings. The first-order valence-electron chi connectivity index (χ1n) is 6.27. The molecule has 1 heterocycles. The van der Waals surface area contributed by atoms with Crippen LogP contribution in [0.2, 0.25) is 0 Å². The van der Waals surface area contributed by atoms with Crippen LogP contribution in [-0.2, 0) is 9.59 Å². The third-order valence-corrected chi connectivity index (χ3v) is 3.66. The van der Waals surface area contributed by atoms with Crippen LogP contribution in [0.15, 0.2) is 0 Å². The molecule has 2 rings (SSSR count). The summed E-state index contributed by atoms with van der Waals surface area (Å²) in [5.74, 6) is 0.535. The molecule has 16 heavy (non-hydrogen) atoms. The Kier molecular flexibility index (Phi) is 3.17. The zero-order chi connectivity index (χ0) is 11.7. The van der Waals surface area contributed by atoms with Gasteiger partial charge in [-0.2, -0.15) is 0 Å². The molecule has 0 aromatic heterocycles. The Morgan fingerprint density at radius 2 is 1.94 bits per heavy atom. The molecule has 1 aliphatic heterocycles. The van der Waals surface area contributed by atoms with E-state index in [1.165, 1.54) is 0 Å². The molecule has 0 spiro atoms. The van der Waals surface area contributed by atoms with Crippen LogP contribution in [0.5, 0.6) is 0 Å². The molecule has 1 saturated heterocycles. The summed E-state index contributed by atoms with van der Waals surface area (Å²) in [6, 6.07) is -0.0124. The number of rotatable bonds is 4. The topological polar surface area (TPSA) is 49.4 Å². The first-order valence-corrected chi connectivity index (χ1v) is 6.27. The zero-order valence-corrected chi connectivity index (χ0v) is 10.0. The smallest absolute Gasteiger partial charge is 0.246 e. The summed E-state index contributed by atoms with van der Waals surface area (Å²) in [6.07, 6.45) is 4.00. The minimum absolute atomic E-state index is 0.00315. The van der Waals surface area contributed by atoms with E-state index >= 15 is 0 Å². The maximum absolute atomic E-state index is 12.2. The van der Waals surface area contributed by atoms with Crippen LogP contribution in [0.4, 0.5) is 0 Å². The highest BCUT2D eigenvalue weighted by atomic mass is 16.2. The fraction of sp³-hybridized carbons (Fsp3) is 0.833. The Morgan fingerprint density at radius 1 is 1.31 bits per heavy atom. The Morgan fingerprint density at radius 3 is 2.44 bits per heavy atom. The maximum Gasteiger partial charge on any atom is 0.246 e. The van der Waals surface area contributed by atoms with Gasteiger partial charge >= 0.3 is 0 Å². The molecule has 4 nitrogen and oxygen atoms in total. The van der Waals surface area contributed by atoms with Gasteiger partial charge in [0.05, 0.1) is 6.54 Å². The standard InChI is InChI=1S/C12H20N2O2/c1-3-9(4-2)14-7-10(15)13-11(12(14)16)8-5-6-8/h8-9,11H,3-7H2,1-2H3,(H,13,15). The van der Waals surface area contributed by atoms with E-state index in [0.717, 1.165) is 25.7 Å². The van der Waals surface area contributed by atoms with Crippen LogP contribution in [-0.4, -0.2) is 35.3 Å². The number of nitrogens with one attached hydrogen (secondary N) is 1. The van der Waals surface area contributed by atoms with E-state index in [1.807, 2.05) is 0 Å². The van der Waals surface area contributed by atoms with Gasteiger partial charge in [0.1, 0.15) is 6.04 Å². The molecule has 0 bridgehead atoms. The molecule has 1 aliphatic carbocycles. The molecule has 90 valence electrons. The van der Waals surface area contributed by atoms with Gasteiger partial charge in [-0.1, -0.05) is 13.8 Å². The number of carbonyl (C=O) groups excluding carboxylic acids is 2. The molecule has 2 fully saturated rings. The summed E-state index contributed by atoms with van der Waals surface area (Å²) in [6.45, 7) is 4.38. The van der Waals surface area contributed by atoms with Crippen molar-refractivity contribution >= 4 is 11.8 Å². The normalized spacial score (nSPS) is 26.2. The predicted molar refractivity (Wildman–Crippen MR) is 60.7 cm³/mol. The van der Waals surface area contributed by atoms with Crippen molar-refractivity contribution in [3.05, 3.63) is 0 Å². The highest BCUT2D eigenvalue weighted by molar-refractivity contribution is 5.95. The minimum Gasteiger partial charge on any atom is -0.342 e. The van der Waals surface area contributed by atoms with Gasteiger partial charge in [-0.25, -0.2) is 0 Å². The average molecular weight is 224 g/mol. The molecule has 4 heteroatoms. The van der Waals surface area contributed by atoms with Crippen LogP contribution < -0.4 is 5.32 Å². The van der Waals surface area contributed by atoms with Gasteiger partial charge in [0.25, 0.3) is 0 Å². The molecule has 2 amide bonds. The molecular weight excluding hydrogens is 204 g/mol. The second-order valence-corrected chi connectivity index (χ2v) is 4.82. The van der Waals surface area contributed by atoms with Crippen LogP contribution in [0.25, 0.3) is 0 Å². The summed E-state index contributed by atoms with van der Waals surface area (Å²) in [7, 11) is 0. The summed E-state index contributed by atoms with van der Waals surface area (Å²) < 4.78 is 0. The summed E-state index contributed by atoms with van der Waals surface area (Å²) in [5.41, 5.74) is 0. The van der Waals surface area contributed by atoms with Gasteiger partial charge in [-0.3, -0.25) is 9.59 Å². The lowest BCUT2D eigenvalue weighted by Crippen LogP contribution is -2.61. The minimum atomic E-state index is -0.234. The maximum atomic E-state index is 12.2. The largest absolute Gasteiger partial charge is 0.342 e. The van der Waals surface area contributed by atoms with E-state index < -0.39 is 0 Å². The Balaban J connectivity index is 2.10. The fourth-order valence-corrected chi connectivity index (χ4v) is 2.48. The second kappa shape index (κ2) is 4.44. The van der Waals surface area contributed by atoms with Crippen molar-refractivity contribution in [1.82, 2.24) is 10.2 Å². The monoisotopic (exact) mass is 224 g/mol. The molecular formula is C12H20N2O2. The summed E-state index contributed by atoms with van der Waals surface area (Å²) in [4.78, 5) is 25.6. The van der Waals surface area contributed by atoms with E-state index in [-0.39, 0.29) is 30.4 Å². The Hall–Kier alpha value is -1.06. The lowest BCUT2D eigenvalue weighted by atomic mass is 10.0. The van der Waals surface area contributed by atoms with Crippen LogP contribution in [0.1, 0.15) is 39.5 Å². The predicted octanol–water partition coefficient (Wildman–Crippen LogP) is 0.912. The van der Waals surface area contributed by atoms with Crippen LogP contribution >= 0.6 is 0 Å². The first kappa shape index (κ1) is 11.4. The van der Waals surface area contributed by atoms with Gasteiger partial charge in [0, 0.05) is 6.04 Å². The second-order valence-electron chi connectivity index (χ2n) is 4.82. The zero-order valence-electron chi connectivity index (χ0n) is 10.0. The number of hydrogen-bond donors (Lipinski definition) is 1. The van der Waals surface area contributed by atoms with E-state index in [2.05, 4.69) is 19.2 Å². The average Bonchev–Trinajstić information content (AvgIpc) is 3.08. The highest BCUT2D eigenvalue weighted by Gasteiger charge is 2.43. The fourth-order valence-electron chi connectivity index (χ4n) is 2.48. The van der Waals surface area contributed by atoms with Gasteiger partial charge in [0.15, 0.2) is 0 Å². The Labute approximate surface area is 96.4 Å². The van der Waals surface area contributed by atoms with E-state index in [0.29, 0.717) is 5.92 Å². The van der Waals surface area contributed by atoms with Crippen LogP contribution in [0.3, 0.4) is 0 Å². The van der Waals surface area contributed by atoms with Crippen molar-refractivity contribution < 1.29 is 9.59 Å². The quantitative estimate of drug-likeness (QED) is 0.771. The van der Waals surface area contributed by atoms with Gasteiger partial charge in [-0.15, -0.1) is 0 Å². The number of hydrogen-bond acceptors (Lipinski definition) is 2. The van der Waals surface area contributed by atoms with E-state index in [1.54, 1.807) is 4.90 Å². The molecule has 0 aromatic carbocycles. The van der Waals surface area contributed by atoms with Crippen molar-refractivity contribution in [2.75, 3.05) is 6.54 Å². The molecule has 1 atom stereocenters. The van der Waals surface area contributed by atoms with Crippen molar-refractivity contribution in [2.24, 2.45) is 5.92 Å². The van der Waals surface area contributed by atoms with Gasteiger partial charge in [0.2, 0.25) is 11.8 Å². The number of carbonyl (C=O) groups is 2. The first-order chi connectivity index (χ1) is 7.67. The lowest BCUT2D eigenvalue weighted by molar-refractivity contribution is -0.147. The number of piperazine rings is 1. The van der Waals surface area contributed by atoms with E-state index in [4.69, 9.17) is 0 Å². The van der Waals surface area contributed by atoms with Gasteiger partial charge in [-0.05, 0) is 31.6 Å². The molecule has 0 radical (unpaired) electrons. The summed E-state index contributed by atoms with van der Waals surface area (Å²) in [5, 5.41) is 2.83. The van der Waals surface area contributed by atoms with Crippen molar-refractivity contribution in [3.8, 4) is 0 Å². The third-order valence-electron chi connectivity index (χ3n) is 3.66. The molecule has 2 aliphatic rings. The Bertz CT molecular complexity index is 295. The lowest BCUT2D eigenvalue weighted by Gasteiger charge is -2.37. The molecule has 1 N–H and O–H groups in total. The number of amides is 2. The van der Waals surface area contributed by atoms with E-state index in [9.17, 15) is 9.59 Å². The van der Waals surface area contributed by atoms with Crippen LogP contribution in [0, 0.1) is 5.92 Å². The SMILES string of the molecule is CCC(CC)N1CC(=O)NC(C2CC2)C1=O. The molecule has 1 saturated carbocycles. The van der Waals surface area contributed by atoms with Crippen molar-refractivity contribution in [1.29, 1.82) is 0 Å². The molecule has 1 unspecified atom stereocenters. The summed E-state index contributed by atoms with van der Waals surface area (Å²) >= 11 is 0. The highest BCUT2D eigenvalue weighted by Crippen LogP contribution is 2.34. The van der Waals surface area contributed by atoms with Crippen molar-refractivity contribution in [3.63, 3.8) is 0 Å². The third kappa shape index (κ3) is 2.06. The van der Waals surface area contributed by atoms with Gasteiger partial charge < -0.3 is 10.2 Å². The number of nitrogens with zero attached hydrogens (tertiary/aromatic N) is 1.